The number of nitrogens with zero attached hydrogens (tertiary/aromatic N) is 1. The Labute approximate surface area is 172 Å². The number of halogens is 1. The summed E-state index contributed by atoms with van der Waals surface area (Å²) in [6, 6.07) is 10.2. The minimum atomic E-state index is -3.57. The molecule has 0 aliphatic carbocycles. The maximum Gasteiger partial charge on any atom is 0.240 e. The highest BCUT2D eigenvalue weighted by molar-refractivity contribution is 7.99. The van der Waals surface area contributed by atoms with Gasteiger partial charge in [0.25, 0.3) is 0 Å². The number of carbonyl (C=O) groups excluding carboxylic acids is 1. The van der Waals surface area contributed by atoms with Gasteiger partial charge in [-0.05, 0) is 48.9 Å². The molecule has 0 spiro atoms. The quantitative estimate of drug-likeness (QED) is 0.352. The monoisotopic (exact) mass is 436 g/mol. The lowest BCUT2D eigenvalue weighted by molar-refractivity contribution is -0.113. The Hall–Kier alpha value is -2.43. The van der Waals surface area contributed by atoms with Crippen LogP contribution >= 0.6 is 11.8 Å². The van der Waals surface area contributed by atoms with Crippen molar-refractivity contribution in [2.75, 3.05) is 17.6 Å². The fraction of sp³-hybridized carbons (Fsp3) is 0.263. The zero-order chi connectivity index (χ0) is 20.9. The molecule has 154 valence electrons. The van der Waals surface area contributed by atoms with E-state index in [0.717, 1.165) is 12.8 Å². The topological polar surface area (TPSA) is 104 Å². The van der Waals surface area contributed by atoms with E-state index < -0.39 is 10.0 Å². The van der Waals surface area contributed by atoms with Gasteiger partial charge in [-0.1, -0.05) is 25.1 Å². The summed E-state index contributed by atoms with van der Waals surface area (Å²) in [5, 5.41) is 3.17. The van der Waals surface area contributed by atoms with Crippen molar-refractivity contribution in [1.82, 2.24) is 14.7 Å². The second-order valence-electron chi connectivity index (χ2n) is 6.32. The highest BCUT2D eigenvalue weighted by Crippen LogP contribution is 2.22. The van der Waals surface area contributed by atoms with Gasteiger partial charge in [0.1, 0.15) is 5.82 Å². The molecule has 3 N–H and O–H groups in total. The summed E-state index contributed by atoms with van der Waals surface area (Å²) in [4.78, 5) is 19.6. The Morgan fingerprint density at radius 2 is 1.97 bits per heavy atom. The third-order valence-corrected chi connectivity index (χ3v) is 6.36. The number of thioether (sulfide) groups is 1. The molecular formula is C19H21FN4O3S2. The Kier molecular flexibility index (Phi) is 6.88. The van der Waals surface area contributed by atoms with Gasteiger partial charge in [-0.25, -0.2) is 22.5 Å². The minimum absolute atomic E-state index is 0.0981. The number of hydrogen-bond donors (Lipinski definition) is 3. The van der Waals surface area contributed by atoms with Gasteiger partial charge in [0, 0.05) is 12.2 Å². The van der Waals surface area contributed by atoms with Crippen molar-refractivity contribution in [2.45, 2.75) is 29.8 Å². The summed E-state index contributed by atoms with van der Waals surface area (Å²) >= 11 is 1.19. The van der Waals surface area contributed by atoms with Gasteiger partial charge in [0.05, 0.1) is 21.7 Å². The summed E-state index contributed by atoms with van der Waals surface area (Å²) in [6.07, 6.45) is 1.67. The maximum atomic E-state index is 12.9. The lowest BCUT2D eigenvalue weighted by Crippen LogP contribution is -2.24. The van der Waals surface area contributed by atoms with Crippen molar-refractivity contribution in [1.29, 1.82) is 0 Å². The van der Waals surface area contributed by atoms with Crippen LogP contribution in [0.4, 0.5) is 10.1 Å². The van der Waals surface area contributed by atoms with Crippen LogP contribution in [0.1, 0.15) is 19.8 Å². The molecule has 0 atom stereocenters. The number of hydrogen-bond acceptors (Lipinski definition) is 5. The van der Waals surface area contributed by atoms with E-state index in [4.69, 9.17) is 0 Å². The molecule has 3 aromatic rings. The third-order valence-electron chi connectivity index (χ3n) is 4.03. The molecular weight excluding hydrogens is 415 g/mol. The first-order valence-electron chi connectivity index (χ1n) is 9.05. The van der Waals surface area contributed by atoms with Gasteiger partial charge in [0.15, 0.2) is 5.16 Å². The van der Waals surface area contributed by atoms with Crippen molar-refractivity contribution in [2.24, 2.45) is 0 Å². The molecule has 0 saturated heterocycles. The Morgan fingerprint density at radius 3 is 2.69 bits per heavy atom. The predicted molar refractivity (Wildman–Crippen MR) is 112 cm³/mol. The van der Waals surface area contributed by atoms with Gasteiger partial charge < -0.3 is 10.3 Å². The lowest BCUT2D eigenvalue weighted by atomic mass is 10.3. The second kappa shape index (κ2) is 9.38. The smallest absolute Gasteiger partial charge is 0.240 e. The van der Waals surface area contributed by atoms with E-state index in [9.17, 15) is 17.6 Å². The molecule has 0 bridgehead atoms. The van der Waals surface area contributed by atoms with Crippen LogP contribution in [0.5, 0.6) is 0 Å². The number of amides is 1. The first-order chi connectivity index (χ1) is 13.9. The SMILES string of the molecule is CCCCNS(=O)(=O)c1ccc2nc(SCC(=O)Nc3ccc(F)cc3)[nH]c2c1. The number of aromatic amines is 1. The molecule has 1 amide bonds. The first-order valence-corrected chi connectivity index (χ1v) is 11.5. The zero-order valence-corrected chi connectivity index (χ0v) is 17.4. The van der Waals surface area contributed by atoms with Crippen LogP contribution in [0.3, 0.4) is 0 Å². The van der Waals surface area contributed by atoms with E-state index >= 15 is 0 Å². The van der Waals surface area contributed by atoms with E-state index in [0.29, 0.717) is 28.4 Å². The summed E-state index contributed by atoms with van der Waals surface area (Å²) in [5.41, 5.74) is 1.69. The number of unbranched alkanes of at least 4 members (excludes halogenated alkanes) is 1. The molecule has 0 saturated carbocycles. The molecule has 2 aromatic carbocycles. The van der Waals surface area contributed by atoms with E-state index in [1.807, 2.05) is 6.92 Å². The van der Waals surface area contributed by atoms with E-state index in [2.05, 4.69) is 20.0 Å². The molecule has 0 aliphatic rings. The van der Waals surface area contributed by atoms with E-state index in [1.54, 1.807) is 6.07 Å². The average molecular weight is 437 g/mol. The van der Waals surface area contributed by atoms with Gasteiger partial charge in [0.2, 0.25) is 15.9 Å². The molecule has 1 aromatic heterocycles. The van der Waals surface area contributed by atoms with Crippen LogP contribution in [0, 0.1) is 5.82 Å². The van der Waals surface area contributed by atoms with Gasteiger partial charge in [-0.3, -0.25) is 4.79 Å². The van der Waals surface area contributed by atoms with Gasteiger partial charge >= 0.3 is 0 Å². The standard InChI is InChI=1S/C19H21FN4O3S2/c1-2-3-10-21-29(26,27)15-8-9-16-17(11-15)24-19(23-16)28-12-18(25)22-14-6-4-13(20)5-7-14/h4-9,11,21H,2-3,10,12H2,1H3,(H,22,25)(H,23,24). The zero-order valence-electron chi connectivity index (χ0n) is 15.7. The molecule has 3 rings (SSSR count). The minimum Gasteiger partial charge on any atom is -0.333 e. The van der Waals surface area contributed by atoms with Gasteiger partial charge in [-0.2, -0.15) is 0 Å². The number of H-pyrrole nitrogens is 1. The number of fused-ring (bicyclic) bond motifs is 1. The number of aromatic nitrogens is 2. The predicted octanol–water partition coefficient (Wildman–Crippen LogP) is 3.51. The highest BCUT2D eigenvalue weighted by Gasteiger charge is 2.15. The number of sulfonamides is 1. The molecule has 0 radical (unpaired) electrons. The third kappa shape index (κ3) is 5.78. The Balaban J connectivity index is 1.63. The van der Waals surface area contributed by atoms with Crippen molar-refractivity contribution >= 4 is 44.4 Å². The van der Waals surface area contributed by atoms with E-state index in [-0.39, 0.29) is 22.4 Å². The van der Waals surface area contributed by atoms with Crippen molar-refractivity contribution in [3.8, 4) is 0 Å². The molecule has 7 nitrogen and oxygen atoms in total. The number of benzene rings is 2. The summed E-state index contributed by atoms with van der Waals surface area (Å²) in [7, 11) is -3.57. The van der Waals surface area contributed by atoms with Crippen LogP contribution in [-0.2, 0) is 14.8 Å². The summed E-state index contributed by atoms with van der Waals surface area (Å²) < 4.78 is 40.2. The van der Waals surface area contributed by atoms with Gasteiger partial charge in [-0.15, -0.1) is 0 Å². The average Bonchev–Trinajstić information content (AvgIpc) is 3.10. The van der Waals surface area contributed by atoms with E-state index in [1.165, 1.54) is 48.2 Å². The second-order valence-corrected chi connectivity index (χ2v) is 9.05. The van der Waals surface area contributed by atoms with Crippen molar-refractivity contribution in [3.63, 3.8) is 0 Å². The van der Waals surface area contributed by atoms with Crippen LogP contribution < -0.4 is 10.0 Å². The summed E-state index contributed by atoms with van der Waals surface area (Å²) in [5.74, 6) is -0.534. The Bertz CT molecular complexity index is 1100. The lowest BCUT2D eigenvalue weighted by Gasteiger charge is -2.05. The highest BCUT2D eigenvalue weighted by atomic mass is 32.2. The number of rotatable bonds is 9. The number of anilines is 1. The van der Waals surface area contributed by atoms with Crippen LogP contribution in [-0.4, -0.2) is 36.6 Å². The van der Waals surface area contributed by atoms with Crippen LogP contribution in [0.2, 0.25) is 0 Å². The Morgan fingerprint density at radius 1 is 1.21 bits per heavy atom. The maximum absolute atomic E-state index is 12.9. The number of nitrogens with one attached hydrogen (secondary N) is 3. The van der Waals surface area contributed by atoms with Crippen LogP contribution in [0.15, 0.2) is 52.5 Å². The van der Waals surface area contributed by atoms with Crippen molar-refractivity contribution < 1.29 is 17.6 Å². The number of carbonyl (C=O) groups is 1. The normalized spacial score (nSPS) is 11.7. The molecule has 10 heteroatoms. The molecule has 0 unspecified atom stereocenters. The molecule has 29 heavy (non-hydrogen) atoms. The van der Waals surface area contributed by atoms with Crippen molar-refractivity contribution in [3.05, 3.63) is 48.3 Å². The molecule has 0 fully saturated rings. The largest absolute Gasteiger partial charge is 0.333 e. The number of imidazole rings is 1. The molecule has 1 heterocycles. The fourth-order valence-electron chi connectivity index (χ4n) is 2.53. The first kappa shape index (κ1) is 21.3. The van der Waals surface area contributed by atoms with Crippen LogP contribution in [0.25, 0.3) is 11.0 Å². The fourth-order valence-corrected chi connectivity index (χ4v) is 4.32. The molecule has 0 aliphatic heterocycles. The summed E-state index contributed by atoms with van der Waals surface area (Å²) in [6.45, 7) is 2.38.